The van der Waals surface area contributed by atoms with E-state index in [2.05, 4.69) is 11.1 Å². The number of hydrogen-bond donors (Lipinski definition) is 0. The topological polar surface area (TPSA) is 47.3 Å². The lowest BCUT2D eigenvalue weighted by Gasteiger charge is -2.18. The van der Waals surface area contributed by atoms with Gasteiger partial charge in [-0.15, -0.1) is 0 Å². The van der Waals surface area contributed by atoms with Gasteiger partial charge in [0.05, 0.1) is 5.69 Å². The van der Waals surface area contributed by atoms with Crippen LogP contribution in [0.15, 0.2) is 47.7 Å². The van der Waals surface area contributed by atoms with Crippen LogP contribution in [0.2, 0.25) is 0 Å². The summed E-state index contributed by atoms with van der Waals surface area (Å²) in [6.45, 7) is 1.99. The molecule has 0 aliphatic heterocycles. The van der Waals surface area contributed by atoms with Crippen molar-refractivity contribution in [2.45, 2.75) is 26.2 Å². The molecule has 3 aromatic rings. The van der Waals surface area contributed by atoms with Crippen LogP contribution in [0, 0.1) is 6.92 Å². The molecule has 3 heterocycles. The number of fused-ring (bicyclic) bond motifs is 2. The summed E-state index contributed by atoms with van der Waals surface area (Å²) in [7, 11) is 0. The van der Waals surface area contributed by atoms with Gasteiger partial charge in [-0.25, -0.2) is 4.98 Å². The van der Waals surface area contributed by atoms with Gasteiger partial charge in [-0.3, -0.25) is 14.2 Å². The highest BCUT2D eigenvalue weighted by Crippen LogP contribution is 2.29. The fourth-order valence-electron chi connectivity index (χ4n) is 3.15. The number of aryl methyl sites for hydroxylation is 1. The van der Waals surface area contributed by atoms with E-state index in [0.29, 0.717) is 5.65 Å². The SMILES string of the molecule is Cc1ccc2nc3c(c(=O)n2c1)CCCC3=Cc1ccncc1. The first-order valence-electron chi connectivity index (χ1n) is 7.85. The second-order valence-corrected chi connectivity index (χ2v) is 5.98. The largest absolute Gasteiger partial charge is 0.269 e. The normalized spacial score (nSPS) is 15.8. The van der Waals surface area contributed by atoms with Gasteiger partial charge in [0, 0.05) is 24.2 Å². The molecule has 4 rings (SSSR count). The van der Waals surface area contributed by atoms with Gasteiger partial charge >= 0.3 is 0 Å². The van der Waals surface area contributed by atoms with Crippen LogP contribution in [0.1, 0.15) is 35.2 Å². The molecule has 0 saturated heterocycles. The monoisotopic (exact) mass is 303 g/mol. The molecule has 0 spiro atoms. The Hall–Kier alpha value is -2.75. The molecular formula is C19H17N3O. The number of aromatic nitrogens is 3. The summed E-state index contributed by atoms with van der Waals surface area (Å²) in [5.74, 6) is 0. The number of rotatable bonds is 1. The number of nitrogens with zero attached hydrogens (tertiary/aromatic N) is 3. The Morgan fingerprint density at radius 2 is 1.96 bits per heavy atom. The highest BCUT2D eigenvalue weighted by molar-refractivity contribution is 5.82. The molecule has 4 heteroatoms. The highest BCUT2D eigenvalue weighted by atomic mass is 16.1. The molecular weight excluding hydrogens is 286 g/mol. The lowest BCUT2D eigenvalue weighted by Crippen LogP contribution is -2.24. The third kappa shape index (κ3) is 2.46. The summed E-state index contributed by atoms with van der Waals surface area (Å²) in [6, 6.07) is 7.84. The van der Waals surface area contributed by atoms with Gasteiger partial charge in [-0.05, 0) is 67.2 Å². The smallest absolute Gasteiger partial charge is 0.261 e. The summed E-state index contributed by atoms with van der Waals surface area (Å²) in [5.41, 5.74) is 5.76. The maximum absolute atomic E-state index is 12.8. The Morgan fingerprint density at radius 1 is 1.13 bits per heavy atom. The van der Waals surface area contributed by atoms with Crippen molar-refractivity contribution in [3.8, 4) is 0 Å². The minimum atomic E-state index is 0.0639. The van der Waals surface area contributed by atoms with E-state index < -0.39 is 0 Å². The van der Waals surface area contributed by atoms with Crippen LogP contribution in [0.3, 0.4) is 0 Å². The van der Waals surface area contributed by atoms with E-state index in [-0.39, 0.29) is 5.56 Å². The van der Waals surface area contributed by atoms with Crippen LogP contribution < -0.4 is 5.56 Å². The van der Waals surface area contributed by atoms with Gasteiger partial charge in [0.15, 0.2) is 0 Å². The Labute approximate surface area is 134 Å². The molecule has 114 valence electrons. The molecule has 4 nitrogen and oxygen atoms in total. The van der Waals surface area contributed by atoms with Crippen LogP contribution in [0.4, 0.5) is 0 Å². The summed E-state index contributed by atoms with van der Waals surface area (Å²) in [5, 5.41) is 0. The van der Waals surface area contributed by atoms with Crippen LogP contribution in [-0.4, -0.2) is 14.4 Å². The van der Waals surface area contributed by atoms with Crippen LogP contribution in [-0.2, 0) is 6.42 Å². The Bertz CT molecular complexity index is 971. The van der Waals surface area contributed by atoms with Crippen LogP contribution >= 0.6 is 0 Å². The average Bonchev–Trinajstić information content (AvgIpc) is 2.57. The van der Waals surface area contributed by atoms with E-state index in [4.69, 9.17) is 4.98 Å². The van der Waals surface area contributed by atoms with Gasteiger partial charge in [-0.1, -0.05) is 6.07 Å². The molecule has 0 radical (unpaired) electrons. The maximum atomic E-state index is 12.8. The van der Waals surface area contributed by atoms with Crippen molar-refractivity contribution in [2.75, 3.05) is 0 Å². The number of allylic oxidation sites excluding steroid dienone is 1. The Morgan fingerprint density at radius 3 is 2.78 bits per heavy atom. The molecule has 3 aromatic heterocycles. The third-order valence-electron chi connectivity index (χ3n) is 4.29. The first kappa shape index (κ1) is 13.9. The standard InChI is InChI=1S/C19H17N3O/c1-13-5-6-17-21-18-15(11-14-7-9-20-10-8-14)3-2-4-16(18)19(23)22(17)12-13/h5-12H,2-4H2,1H3. The van der Waals surface area contributed by atoms with Crippen molar-refractivity contribution in [3.05, 3.63) is 75.6 Å². The van der Waals surface area contributed by atoms with Crippen molar-refractivity contribution in [1.82, 2.24) is 14.4 Å². The lowest BCUT2D eigenvalue weighted by molar-refractivity contribution is 0.786. The zero-order valence-electron chi connectivity index (χ0n) is 13.0. The molecule has 0 saturated carbocycles. The quantitative estimate of drug-likeness (QED) is 0.693. The zero-order chi connectivity index (χ0) is 15.8. The van der Waals surface area contributed by atoms with Crippen molar-refractivity contribution >= 4 is 17.3 Å². The van der Waals surface area contributed by atoms with E-state index >= 15 is 0 Å². The second-order valence-electron chi connectivity index (χ2n) is 5.98. The predicted molar refractivity (Wildman–Crippen MR) is 91.2 cm³/mol. The van der Waals surface area contributed by atoms with E-state index in [9.17, 15) is 4.79 Å². The third-order valence-corrected chi connectivity index (χ3v) is 4.29. The second kappa shape index (κ2) is 5.47. The van der Waals surface area contributed by atoms with E-state index in [1.807, 2.05) is 37.4 Å². The van der Waals surface area contributed by atoms with Crippen molar-refractivity contribution < 1.29 is 0 Å². The summed E-state index contributed by atoms with van der Waals surface area (Å²) >= 11 is 0. The van der Waals surface area contributed by atoms with Crippen LogP contribution in [0.5, 0.6) is 0 Å². The summed E-state index contributed by atoms with van der Waals surface area (Å²) < 4.78 is 1.67. The molecule has 0 N–H and O–H groups in total. The minimum absolute atomic E-state index is 0.0639. The summed E-state index contributed by atoms with van der Waals surface area (Å²) in [4.78, 5) is 21.6. The molecule has 1 aliphatic rings. The van der Waals surface area contributed by atoms with Gasteiger partial charge < -0.3 is 0 Å². The Kier molecular flexibility index (Phi) is 3.30. The predicted octanol–water partition coefficient (Wildman–Crippen LogP) is 3.27. The van der Waals surface area contributed by atoms with Gasteiger partial charge in [-0.2, -0.15) is 0 Å². The molecule has 23 heavy (non-hydrogen) atoms. The minimum Gasteiger partial charge on any atom is -0.269 e. The molecule has 0 aromatic carbocycles. The molecule has 1 aliphatic carbocycles. The van der Waals surface area contributed by atoms with Crippen molar-refractivity contribution in [1.29, 1.82) is 0 Å². The molecule has 0 atom stereocenters. The molecule has 0 bridgehead atoms. The van der Waals surface area contributed by atoms with Gasteiger partial charge in [0.2, 0.25) is 0 Å². The fraction of sp³-hybridized carbons (Fsp3) is 0.211. The van der Waals surface area contributed by atoms with Crippen molar-refractivity contribution in [3.63, 3.8) is 0 Å². The van der Waals surface area contributed by atoms with Crippen LogP contribution in [0.25, 0.3) is 17.3 Å². The first-order valence-corrected chi connectivity index (χ1v) is 7.85. The average molecular weight is 303 g/mol. The maximum Gasteiger partial charge on any atom is 0.261 e. The van der Waals surface area contributed by atoms with E-state index in [0.717, 1.165) is 47.2 Å². The highest BCUT2D eigenvalue weighted by Gasteiger charge is 2.20. The molecule has 0 amide bonds. The Balaban J connectivity index is 1.95. The number of pyridine rings is 2. The van der Waals surface area contributed by atoms with E-state index in [1.165, 1.54) is 0 Å². The fourth-order valence-corrected chi connectivity index (χ4v) is 3.15. The van der Waals surface area contributed by atoms with Gasteiger partial charge in [0.25, 0.3) is 5.56 Å². The molecule has 0 fully saturated rings. The molecule has 0 unspecified atom stereocenters. The first-order chi connectivity index (χ1) is 11.2. The van der Waals surface area contributed by atoms with E-state index in [1.54, 1.807) is 16.8 Å². The summed E-state index contributed by atoms with van der Waals surface area (Å²) in [6.07, 6.45) is 10.3. The van der Waals surface area contributed by atoms with Gasteiger partial charge in [0.1, 0.15) is 5.65 Å². The van der Waals surface area contributed by atoms with Crippen molar-refractivity contribution in [2.24, 2.45) is 0 Å². The zero-order valence-corrected chi connectivity index (χ0v) is 13.0. The number of hydrogen-bond acceptors (Lipinski definition) is 3. The lowest BCUT2D eigenvalue weighted by atomic mass is 9.91.